The van der Waals surface area contributed by atoms with Gasteiger partial charge in [0.1, 0.15) is 4.21 Å². The van der Waals surface area contributed by atoms with Crippen LogP contribution in [0, 0.1) is 5.92 Å². The van der Waals surface area contributed by atoms with E-state index in [-0.39, 0.29) is 29.2 Å². The maximum Gasteiger partial charge on any atom is 0.252 e. The number of carbonyl (C=O) groups is 1. The SMILES string of the molecule is O=C(c1ccc2c(c1)OCO2)[C@H]1CCCN(S(=O)(=O)c2ccc(Cl)s2)C1. The first-order chi connectivity index (χ1) is 12.4. The summed E-state index contributed by atoms with van der Waals surface area (Å²) in [5.41, 5.74) is 0.512. The molecule has 1 saturated heterocycles. The highest BCUT2D eigenvalue weighted by atomic mass is 35.5. The maximum absolute atomic E-state index is 12.9. The molecule has 0 bridgehead atoms. The number of nitrogens with zero attached hydrogens (tertiary/aromatic N) is 1. The van der Waals surface area contributed by atoms with E-state index in [2.05, 4.69) is 0 Å². The molecule has 3 heterocycles. The van der Waals surface area contributed by atoms with Crippen molar-refractivity contribution in [2.75, 3.05) is 19.9 Å². The van der Waals surface area contributed by atoms with Crippen molar-refractivity contribution >= 4 is 38.7 Å². The number of piperidine rings is 1. The minimum Gasteiger partial charge on any atom is -0.454 e. The molecule has 4 rings (SSSR count). The fourth-order valence-corrected chi connectivity index (χ4v) is 6.38. The lowest BCUT2D eigenvalue weighted by Crippen LogP contribution is -2.42. The van der Waals surface area contributed by atoms with E-state index in [0.717, 1.165) is 11.3 Å². The van der Waals surface area contributed by atoms with Crippen LogP contribution in [0.2, 0.25) is 4.34 Å². The van der Waals surface area contributed by atoms with Gasteiger partial charge in [-0.2, -0.15) is 4.31 Å². The normalized spacial score (nSPS) is 20.3. The number of halogens is 1. The Morgan fingerprint density at radius 2 is 2.00 bits per heavy atom. The Morgan fingerprint density at radius 3 is 2.77 bits per heavy atom. The van der Waals surface area contributed by atoms with Crippen LogP contribution in [0.15, 0.2) is 34.5 Å². The predicted molar refractivity (Wildman–Crippen MR) is 97.7 cm³/mol. The summed E-state index contributed by atoms with van der Waals surface area (Å²) in [6.45, 7) is 0.722. The molecule has 0 saturated carbocycles. The zero-order valence-electron chi connectivity index (χ0n) is 13.7. The number of ketones is 1. The van der Waals surface area contributed by atoms with Crippen molar-refractivity contribution in [3.63, 3.8) is 0 Å². The van der Waals surface area contributed by atoms with Gasteiger partial charge in [0.25, 0.3) is 10.0 Å². The average molecular weight is 414 g/mol. The van der Waals surface area contributed by atoms with Crippen LogP contribution in [0.3, 0.4) is 0 Å². The fourth-order valence-electron chi connectivity index (χ4n) is 3.22. The van der Waals surface area contributed by atoms with Crippen LogP contribution in [-0.2, 0) is 10.0 Å². The van der Waals surface area contributed by atoms with Gasteiger partial charge in [-0.1, -0.05) is 11.6 Å². The summed E-state index contributed by atoms with van der Waals surface area (Å²) in [4.78, 5) is 12.9. The van der Waals surface area contributed by atoms with Crippen LogP contribution < -0.4 is 9.47 Å². The molecule has 1 atom stereocenters. The molecule has 0 amide bonds. The fraction of sp³-hybridized carbons (Fsp3) is 0.353. The Balaban J connectivity index is 1.54. The number of ether oxygens (including phenoxy) is 2. The highest BCUT2D eigenvalue weighted by Crippen LogP contribution is 2.35. The largest absolute Gasteiger partial charge is 0.454 e. The second-order valence-corrected chi connectivity index (χ2v) is 10.1. The van der Waals surface area contributed by atoms with Gasteiger partial charge in [-0.15, -0.1) is 11.3 Å². The maximum atomic E-state index is 12.9. The van der Waals surface area contributed by atoms with Crippen molar-refractivity contribution in [3.05, 3.63) is 40.2 Å². The van der Waals surface area contributed by atoms with Gasteiger partial charge in [0.05, 0.1) is 4.34 Å². The van der Waals surface area contributed by atoms with E-state index in [1.54, 1.807) is 24.3 Å². The van der Waals surface area contributed by atoms with Crippen LogP contribution in [0.25, 0.3) is 0 Å². The number of hydrogen-bond acceptors (Lipinski definition) is 6. The lowest BCUT2D eigenvalue weighted by atomic mass is 9.91. The Bertz CT molecular complexity index is 956. The highest BCUT2D eigenvalue weighted by molar-refractivity contribution is 7.91. The molecule has 2 aliphatic rings. The number of hydrogen-bond donors (Lipinski definition) is 0. The Labute approximate surface area is 160 Å². The summed E-state index contributed by atoms with van der Waals surface area (Å²) in [6, 6.07) is 8.14. The second-order valence-electron chi connectivity index (χ2n) is 6.19. The molecular formula is C17H16ClNO5S2. The number of carbonyl (C=O) groups excluding carboxylic acids is 1. The van der Waals surface area contributed by atoms with E-state index in [1.165, 1.54) is 10.4 Å². The molecule has 6 nitrogen and oxygen atoms in total. The first-order valence-corrected chi connectivity index (χ1v) is 10.8. The molecule has 0 N–H and O–H groups in total. The van der Waals surface area contributed by atoms with E-state index in [9.17, 15) is 13.2 Å². The van der Waals surface area contributed by atoms with Crippen molar-refractivity contribution in [1.82, 2.24) is 4.31 Å². The third-order valence-electron chi connectivity index (χ3n) is 4.55. The monoisotopic (exact) mass is 413 g/mol. The number of rotatable bonds is 4. The van der Waals surface area contributed by atoms with Gasteiger partial charge in [0.2, 0.25) is 6.79 Å². The summed E-state index contributed by atoms with van der Waals surface area (Å²) in [5.74, 6) is 0.704. The van der Waals surface area contributed by atoms with E-state index in [4.69, 9.17) is 21.1 Å². The van der Waals surface area contributed by atoms with Gasteiger partial charge < -0.3 is 9.47 Å². The molecule has 1 aromatic heterocycles. The third-order valence-corrected chi connectivity index (χ3v) is 8.12. The van der Waals surface area contributed by atoms with E-state index in [1.807, 2.05) is 0 Å². The number of benzene rings is 1. The minimum atomic E-state index is -3.63. The van der Waals surface area contributed by atoms with Crippen molar-refractivity contribution < 1.29 is 22.7 Å². The Hall–Kier alpha value is -1.61. The van der Waals surface area contributed by atoms with Gasteiger partial charge in [0.15, 0.2) is 17.3 Å². The van der Waals surface area contributed by atoms with E-state index < -0.39 is 10.0 Å². The van der Waals surface area contributed by atoms with Crippen LogP contribution in [0.5, 0.6) is 11.5 Å². The molecule has 2 aromatic rings. The van der Waals surface area contributed by atoms with Gasteiger partial charge in [-0.3, -0.25) is 4.79 Å². The lowest BCUT2D eigenvalue weighted by molar-refractivity contribution is 0.0872. The topological polar surface area (TPSA) is 72.9 Å². The number of fused-ring (bicyclic) bond motifs is 1. The van der Waals surface area contributed by atoms with Gasteiger partial charge >= 0.3 is 0 Å². The molecule has 2 aliphatic heterocycles. The molecule has 0 spiro atoms. The van der Waals surface area contributed by atoms with Crippen LogP contribution in [0.1, 0.15) is 23.2 Å². The Morgan fingerprint density at radius 1 is 1.19 bits per heavy atom. The first-order valence-electron chi connectivity index (χ1n) is 8.14. The van der Waals surface area contributed by atoms with Crippen molar-refractivity contribution in [2.45, 2.75) is 17.1 Å². The molecule has 1 fully saturated rings. The molecular weight excluding hydrogens is 398 g/mol. The number of sulfonamides is 1. The zero-order valence-corrected chi connectivity index (χ0v) is 16.1. The van der Waals surface area contributed by atoms with Crippen LogP contribution >= 0.6 is 22.9 Å². The number of Topliss-reactive ketones (excluding diaryl/α,β-unsaturated/α-hetero) is 1. The zero-order chi connectivity index (χ0) is 18.3. The predicted octanol–water partition coefficient (Wildman–Crippen LogP) is 3.41. The highest BCUT2D eigenvalue weighted by Gasteiger charge is 2.34. The average Bonchev–Trinajstić information content (AvgIpc) is 3.29. The van der Waals surface area contributed by atoms with E-state index in [0.29, 0.717) is 40.8 Å². The summed E-state index contributed by atoms with van der Waals surface area (Å²) in [7, 11) is -3.63. The molecule has 26 heavy (non-hydrogen) atoms. The van der Waals surface area contributed by atoms with Gasteiger partial charge in [0, 0.05) is 24.6 Å². The first kappa shape index (κ1) is 17.8. The van der Waals surface area contributed by atoms with Gasteiger partial charge in [-0.05, 0) is 43.2 Å². The second kappa shape index (κ2) is 6.84. The molecule has 9 heteroatoms. The Kier molecular flexibility index (Phi) is 4.68. The third kappa shape index (κ3) is 3.22. The quantitative estimate of drug-likeness (QED) is 0.718. The lowest BCUT2D eigenvalue weighted by Gasteiger charge is -2.30. The van der Waals surface area contributed by atoms with Crippen molar-refractivity contribution in [2.24, 2.45) is 5.92 Å². The van der Waals surface area contributed by atoms with Crippen LogP contribution in [-0.4, -0.2) is 38.4 Å². The minimum absolute atomic E-state index is 0.0765. The van der Waals surface area contributed by atoms with E-state index >= 15 is 0 Å². The van der Waals surface area contributed by atoms with Crippen LogP contribution in [0.4, 0.5) is 0 Å². The summed E-state index contributed by atoms with van der Waals surface area (Å²) >= 11 is 6.90. The van der Waals surface area contributed by atoms with Gasteiger partial charge in [-0.25, -0.2) is 8.42 Å². The molecule has 0 aliphatic carbocycles. The molecule has 0 unspecified atom stereocenters. The molecule has 1 aromatic carbocycles. The summed E-state index contributed by atoms with van der Waals surface area (Å²) in [6.07, 6.45) is 1.30. The summed E-state index contributed by atoms with van der Waals surface area (Å²) < 4.78 is 38.2. The summed E-state index contributed by atoms with van der Waals surface area (Å²) in [5, 5.41) is 0. The standard InChI is InChI=1S/C17H16ClNO5S2/c18-15-5-6-16(25-15)26(21,22)19-7-1-2-12(9-19)17(20)11-3-4-13-14(8-11)24-10-23-13/h3-6,8,12H,1-2,7,9-10H2/t12-/m0/s1. The molecule has 0 radical (unpaired) electrons. The van der Waals surface area contributed by atoms with Crippen molar-refractivity contribution in [3.8, 4) is 11.5 Å². The van der Waals surface area contributed by atoms with Crippen molar-refractivity contribution in [1.29, 1.82) is 0 Å². The molecule has 138 valence electrons. The number of thiophene rings is 1. The smallest absolute Gasteiger partial charge is 0.252 e.